The van der Waals surface area contributed by atoms with Gasteiger partial charge in [0.25, 0.3) is 5.91 Å². The molecule has 0 atom stereocenters. The van der Waals surface area contributed by atoms with Gasteiger partial charge in [-0.1, -0.05) is 25.2 Å². The van der Waals surface area contributed by atoms with E-state index in [0.717, 1.165) is 17.4 Å². The van der Waals surface area contributed by atoms with Crippen molar-refractivity contribution in [2.45, 2.75) is 18.7 Å². The summed E-state index contributed by atoms with van der Waals surface area (Å²) < 4.78 is 55.5. The van der Waals surface area contributed by atoms with Gasteiger partial charge in [0.15, 0.2) is 10.6 Å². The number of aryl methyl sites for hydroxylation is 1. The molecule has 0 N–H and O–H groups in total. The molecule has 0 aliphatic heterocycles. The molecule has 1 heterocycles. The molecular formula is C19H19F2N3O3S2. The first kappa shape index (κ1) is 21.3. The Morgan fingerprint density at radius 3 is 2.34 bits per heavy atom. The maximum Gasteiger partial charge on any atom is 0.279 e. The molecule has 10 heteroatoms. The summed E-state index contributed by atoms with van der Waals surface area (Å²) in [5, 5.41) is 0. The number of carbonyl (C=O) groups is 1. The average Bonchev–Trinajstić information content (AvgIpc) is 2.98. The monoisotopic (exact) mass is 439 g/mol. The number of amides is 1. The van der Waals surface area contributed by atoms with Crippen LogP contribution in [0.5, 0.6) is 0 Å². The second kappa shape index (κ2) is 8.13. The fourth-order valence-electron chi connectivity index (χ4n) is 2.94. The number of nitrogens with zero attached hydrogens (tertiary/aromatic N) is 3. The van der Waals surface area contributed by atoms with E-state index < -0.39 is 27.6 Å². The Bertz CT molecular complexity index is 1240. The zero-order chi connectivity index (χ0) is 21.3. The minimum atomic E-state index is -3.62. The first-order valence-electron chi connectivity index (χ1n) is 8.82. The van der Waals surface area contributed by atoms with Gasteiger partial charge < -0.3 is 4.57 Å². The highest BCUT2D eigenvalue weighted by Gasteiger charge is 2.21. The van der Waals surface area contributed by atoms with Crippen molar-refractivity contribution in [3.05, 3.63) is 58.4 Å². The molecule has 6 nitrogen and oxygen atoms in total. The number of halogens is 2. The van der Waals surface area contributed by atoms with E-state index >= 15 is 0 Å². The van der Waals surface area contributed by atoms with E-state index in [1.807, 2.05) is 0 Å². The number of carbonyl (C=O) groups excluding carboxylic acids is 1. The summed E-state index contributed by atoms with van der Waals surface area (Å²) in [5.41, 5.74) is 0.344. The molecule has 0 spiro atoms. The standard InChI is InChI=1S/C19H19F2N3O3S2/c1-4-24(5-2)29(26,27)14-8-6-12(7-9-14)18(25)22-19-23(3)17-15(21)10-13(20)11-16(17)28-19/h6-11H,4-5H2,1-3H3. The molecule has 2 aromatic carbocycles. The van der Waals surface area contributed by atoms with Gasteiger partial charge in [-0.3, -0.25) is 4.79 Å². The predicted octanol–water partition coefficient (Wildman–Crippen LogP) is 3.29. The molecule has 29 heavy (non-hydrogen) atoms. The van der Waals surface area contributed by atoms with Gasteiger partial charge in [0.1, 0.15) is 5.82 Å². The highest BCUT2D eigenvalue weighted by molar-refractivity contribution is 7.89. The zero-order valence-electron chi connectivity index (χ0n) is 16.0. The minimum Gasteiger partial charge on any atom is -0.317 e. The van der Waals surface area contributed by atoms with Crippen LogP contribution in [0.4, 0.5) is 8.78 Å². The van der Waals surface area contributed by atoms with Gasteiger partial charge in [-0.15, -0.1) is 0 Å². The lowest BCUT2D eigenvalue weighted by Crippen LogP contribution is -2.30. The summed E-state index contributed by atoms with van der Waals surface area (Å²) in [5.74, 6) is -2.06. The average molecular weight is 440 g/mol. The van der Waals surface area contributed by atoms with E-state index in [-0.39, 0.29) is 20.8 Å². The van der Waals surface area contributed by atoms with Crippen LogP contribution >= 0.6 is 11.3 Å². The third-order valence-electron chi connectivity index (χ3n) is 4.46. The lowest BCUT2D eigenvalue weighted by atomic mass is 10.2. The number of rotatable bonds is 5. The van der Waals surface area contributed by atoms with Crippen LogP contribution in [-0.4, -0.2) is 36.3 Å². The van der Waals surface area contributed by atoms with E-state index in [0.29, 0.717) is 17.8 Å². The van der Waals surface area contributed by atoms with E-state index in [2.05, 4.69) is 4.99 Å². The van der Waals surface area contributed by atoms with Crippen molar-refractivity contribution in [3.8, 4) is 0 Å². The number of hydrogen-bond acceptors (Lipinski definition) is 4. The molecule has 0 unspecified atom stereocenters. The summed E-state index contributed by atoms with van der Waals surface area (Å²) in [6.07, 6.45) is 0. The van der Waals surface area contributed by atoms with Crippen LogP contribution in [0.2, 0.25) is 0 Å². The van der Waals surface area contributed by atoms with Gasteiger partial charge in [-0.25, -0.2) is 17.2 Å². The van der Waals surface area contributed by atoms with Crippen molar-refractivity contribution in [1.82, 2.24) is 8.87 Å². The van der Waals surface area contributed by atoms with Crippen LogP contribution in [-0.2, 0) is 17.1 Å². The Hall–Kier alpha value is -2.43. The molecule has 0 aliphatic rings. The van der Waals surface area contributed by atoms with E-state index in [9.17, 15) is 22.0 Å². The number of benzene rings is 2. The minimum absolute atomic E-state index is 0.0858. The maximum absolute atomic E-state index is 14.0. The summed E-state index contributed by atoms with van der Waals surface area (Å²) >= 11 is 0.985. The fourth-order valence-corrected chi connectivity index (χ4v) is 5.45. The highest BCUT2D eigenvalue weighted by atomic mass is 32.2. The van der Waals surface area contributed by atoms with Crippen molar-refractivity contribution in [3.63, 3.8) is 0 Å². The molecule has 1 aromatic heterocycles. The van der Waals surface area contributed by atoms with Gasteiger partial charge in [-0.2, -0.15) is 9.30 Å². The highest BCUT2D eigenvalue weighted by Crippen LogP contribution is 2.21. The molecule has 0 saturated heterocycles. The quantitative estimate of drug-likeness (QED) is 0.613. The van der Waals surface area contributed by atoms with Crippen LogP contribution in [0.1, 0.15) is 24.2 Å². The van der Waals surface area contributed by atoms with E-state index in [1.54, 1.807) is 13.8 Å². The third-order valence-corrected chi connectivity index (χ3v) is 7.60. The van der Waals surface area contributed by atoms with Crippen LogP contribution < -0.4 is 4.80 Å². The third kappa shape index (κ3) is 4.00. The molecule has 0 fully saturated rings. The van der Waals surface area contributed by atoms with Gasteiger partial charge in [0.05, 0.1) is 15.1 Å². The van der Waals surface area contributed by atoms with Crippen LogP contribution in [0.25, 0.3) is 10.2 Å². The number of thiazole rings is 1. The van der Waals surface area contributed by atoms with Crippen molar-refractivity contribution >= 4 is 37.5 Å². The molecule has 1 amide bonds. The Balaban J connectivity index is 1.97. The van der Waals surface area contributed by atoms with Crippen molar-refractivity contribution in [1.29, 1.82) is 0 Å². The molecule has 3 aromatic rings. The second-order valence-electron chi connectivity index (χ2n) is 6.21. The van der Waals surface area contributed by atoms with Crippen LogP contribution in [0.15, 0.2) is 46.3 Å². The molecule has 0 radical (unpaired) electrons. The summed E-state index contributed by atoms with van der Waals surface area (Å²) in [6, 6.07) is 7.44. The van der Waals surface area contributed by atoms with Crippen molar-refractivity contribution in [2.75, 3.05) is 13.1 Å². The number of hydrogen-bond donors (Lipinski definition) is 0. The molecular weight excluding hydrogens is 420 g/mol. The van der Waals surface area contributed by atoms with E-state index in [1.165, 1.54) is 46.3 Å². The fraction of sp³-hybridized carbons (Fsp3) is 0.263. The lowest BCUT2D eigenvalue weighted by molar-refractivity contribution is 0.0998. The van der Waals surface area contributed by atoms with Crippen LogP contribution in [0, 0.1) is 11.6 Å². The number of fused-ring (bicyclic) bond motifs is 1. The SMILES string of the molecule is CCN(CC)S(=O)(=O)c1ccc(C(=O)N=c2sc3cc(F)cc(F)c3n2C)cc1. The predicted molar refractivity (Wildman–Crippen MR) is 107 cm³/mol. The Morgan fingerprint density at radius 1 is 1.14 bits per heavy atom. The van der Waals surface area contributed by atoms with Gasteiger partial charge in [0, 0.05) is 31.8 Å². The summed E-state index contributed by atoms with van der Waals surface area (Å²) in [4.78, 5) is 16.8. The van der Waals surface area contributed by atoms with Gasteiger partial charge >= 0.3 is 0 Å². The topological polar surface area (TPSA) is 71.7 Å². The van der Waals surface area contributed by atoms with Crippen molar-refractivity contribution < 1.29 is 22.0 Å². The summed E-state index contributed by atoms with van der Waals surface area (Å²) in [6.45, 7) is 4.18. The van der Waals surface area contributed by atoms with Crippen LogP contribution in [0.3, 0.4) is 0 Å². The molecule has 154 valence electrons. The Kier molecular flexibility index (Phi) is 5.97. The summed E-state index contributed by atoms with van der Waals surface area (Å²) in [7, 11) is -2.09. The molecule has 0 saturated carbocycles. The first-order valence-corrected chi connectivity index (χ1v) is 11.1. The maximum atomic E-state index is 14.0. The lowest BCUT2D eigenvalue weighted by Gasteiger charge is -2.18. The smallest absolute Gasteiger partial charge is 0.279 e. The number of sulfonamides is 1. The first-order chi connectivity index (χ1) is 13.7. The van der Waals surface area contributed by atoms with Gasteiger partial charge in [0.2, 0.25) is 10.0 Å². The zero-order valence-corrected chi connectivity index (χ0v) is 17.7. The largest absolute Gasteiger partial charge is 0.317 e. The van der Waals surface area contributed by atoms with Gasteiger partial charge in [-0.05, 0) is 30.3 Å². The second-order valence-corrected chi connectivity index (χ2v) is 9.16. The molecule has 3 rings (SSSR count). The Labute approximate surface area is 170 Å². The van der Waals surface area contributed by atoms with E-state index in [4.69, 9.17) is 0 Å². The molecule has 0 bridgehead atoms. The van der Waals surface area contributed by atoms with Crippen molar-refractivity contribution in [2.24, 2.45) is 12.0 Å². The normalized spacial score (nSPS) is 12.8. The number of aromatic nitrogens is 1. The molecule has 0 aliphatic carbocycles. The Morgan fingerprint density at radius 2 is 1.76 bits per heavy atom.